The molecule has 178 valence electrons. The van der Waals surface area contributed by atoms with E-state index in [-0.39, 0.29) is 17.9 Å². The van der Waals surface area contributed by atoms with Crippen LogP contribution in [0.1, 0.15) is 67.7 Å². The Morgan fingerprint density at radius 2 is 1.73 bits per heavy atom. The number of aryl methyl sites for hydroxylation is 2. The Balaban J connectivity index is 1.70. The third-order valence-electron chi connectivity index (χ3n) is 6.55. The van der Waals surface area contributed by atoms with Crippen molar-refractivity contribution in [2.45, 2.75) is 83.7 Å². The quantitative estimate of drug-likeness (QED) is 0.482. The summed E-state index contributed by atoms with van der Waals surface area (Å²) in [5.74, 6) is 1.18. The predicted molar refractivity (Wildman–Crippen MR) is 138 cm³/mol. The second kappa shape index (κ2) is 12.8. The molecule has 0 radical (unpaired) electrons. The topological polar surface area (TPSA) is 49.4 Å². The monoisotopic (exact) mass is 466 g/mol. The number of benzene rings is 2. The van der Waals surface area contributed by atoms with E-state index >= 15 is 0 Å². The SMILES string of the molecule is CC[C@@H](C(=O)NC1CCCCC1)N(Cc1ccccc1C)C(=O)CSCc1ccc(C)cc1. The Bertz CT molecular complexity index is 906. The van der Waals surface area contributed by atoms with E-state index in [2.05, 4.69) is 55.6 Å². The molecule has 1 saturated carbocycles. The third-order valence-corrected chi connectivity index (χ3v) is 7.54. The fourth-order valence-electron chi connectivity index (χ4n) is 4.46. The number of rotatable bonds is 10. The molecule has 5 heteroatoms. The van der Waals surface area contributed by atoms with Crippen molar-refractivity contribution in [2.75, 3.05) is 5.75 Å². The van der Waals surface area contributed by atoms with Crippen molar-refractivity contribution in [3.8, 4) is 0 Å². The van der Waals surface area contributed by atoms with Crippen LogP contribution in [-0.2, 0) is 21.9 Å². The summed E-state index contributed by atoms with van der Waals surface area (Å²) in [6, 6.07) is 16.4. The van der Waals surface area contributed by atoms with Gasteiger partial charge >= 0.3 is 0 Å². The van der Waals surface area contributed by atoms with Crippen molar-refractivity contribution >= 4 is 23.6 Å². The van der Waals surface area contributed by atoms with Gasteiger partial charge in [0.25, 0.3) is 0 Å². The molecule has 0 saturated heterocycles. The van der Waals surface area contributed by atoms with Crippen molar-refractivity contribution in [3.63, 3.8) is 0 Å². The summed E-state index contributed by atoms with van der Waals surface area (Å²) in [6.45, 7) is 6.61. The minimum absolute atomic E-state index is 0.00475. The summed E-state index contributed by atoms with van der Waals surface area (Å²) in [7, 11) is 0. The summed E-state index contributed by atoms with van der Waals surface area (Å²) in [5.41, 5.74) is 4.69. The molecular formula is C28H38N2O2S. The summed E-state index contributed by atoms with van der Waals surface area (Å²) in [4.78, 5) is 28.5. The third kappa shape index (κ3) is 7.63. The second-order valence-corrected chi connectivity index (χ2v) is 10.2. The number of nitrogens with one attached hydrogen (secondary N) is 1. The Hall–Kier alpha value is -2.27. The van der Waals surface area contributed by atoms with E-state index in [1.165, 1.54) is 30.4 Å². The van der Waals surface area contributed by atoms with Crippen LogP contribution in [0, 0.1) is 13.8 Å². The number of hydrogen-bond donors (Lipinski definition) is 1. The van der Waals surface area contributed by atoms with Crippen molar-refractivity contribution in [3.05, 3.63) is 70.8 Å². The first-order chi connectivity index (χ1) is 16.0. The standard InChI is InChI=1S/C28H38N2O2S/c1-4-26(28(32)29-25-12-6-5-7-13-25)30(18-24-11-9-8-10-22(24)3)27(31)20-33-19-23-16-14-21(2)15-17-23/h8-11,14-17,25-26H,4-7,12-13,18-20H2,1-3H3,(H,29,32)/t26-/m0/s1. The van der Waals surface area contributed by atoms with Crippen LogP contribution < -0.4 is 5.32 Å². The lowest BCUT2D eigenvalue weighted by Crippen LogP contribution is -2.52. The van der Waals surface area contributed by atoms with E-state index in [1.807, 2.05) is 24.0 Å². The zero-order valence-electron chi connectivity index (χ0n) is 20.3. The lowest BCUT2D eigenvalue weighted by atomic mass is 9.95. The minimum atomic E-state index is -0.445. The fraction of sp³-hybridized carbons (Fsp3) is 0.500. The van der Waals surface area contributed by atoms with Gasteiger partial charge in [0.15, 0.2) is 0 Å². The average molecular weight is 467 g/mol. The fourth-order valence-corrected chi connectivity index (χ4v) is 5.33. The average Bonchev–Trinajstić information content (AvgIpc) is 2.82. The van der Waals surface area contributed by atoms with Crippen LogP contribution in [0.2, 0.25) is 0 Å². The van der Waals surface area contributed by atoms with Crippen molar-refractivity contribution in [1.29, 1.82) is 0 Å². The van der Waals surface area contributed by atoms with Crippen LogP contribution in [0.15, 0.2) is 48.5 Å². The molecule has 1 fully saturated rings. The van der Waals surface area contributed by atoms with Gasteiger partial charge in [-0.3, -0.25) is 9.59 Å². The molecule has 4 nitrogen and oxygen atoms in total. The molecule has 1 aliphatic rings. The maximum absolute atomic E-state index is 13.4. The number of nitrogens with zero attached hydrogens (tertiary/aromatic N) is 1. The van der Waals surface area contributed by atoms with Gasteiger partial charge in [-0.2, -0.15) is 0 Å². The molecule has 2 aromatic rings. The van der Waals surface area contributed by atoms with Crippen LogP contribution >= 0.6 is 11.8 Å². The van der Waals surface area contributed by atoms with Gasteiger partial charge in [-0.15, -0.1) is 11.8 Å². The van der Waals surface area contributed by atoms with E-state index in [4.69, 9.17) is 0 Å². The molecule has 2 aromatic carbocycles. The van der Waals surface area contributed by atoms with Crippen LogP contribution in [0.4, 0.5) is 0 Å². The molecule has 33 heavy (non-hydrogen) atoms. The van der Waals surface area contributed by atoms with Crippen LogP contribution in [0.5, 0.6) is 0 Å². The van der Waals surface area contributed by atoms with Gasteiger partial charge in [0.1, 0.15) is 6.04 Å². The molecule has 2 amide bonds. The number of hydrogen-bond acceptors (Lipinski definition) is 3. The molecule has 1 atom stereocenters. The summed E-state index contributed by atoms with van der Waals surface area (Å²) >= 11 is 1.62. The first-order valence-electron chi connectivity index (χ1n) is 12.3. The number of carbonyl (C=O) groups is 2. The molecule has 0 aromatic heterocycles. The zero-order valence-corrected chi connectivity index (χ0v) is 21.1. The molecule has 0 unspecified atom stereocenters. The smallest absolute Gasteiger partial charge is 0.243 e. The normalized spacial score (nSPS) is 15.1. The van der Waals surface area contributed by atoms with E-state index in [9.17, 15) is 9.59 Å². The van der Waals surface area contributed by atoms with Gasteiger partial charge < -0.3 is 10.2 Å². The van der Waals surface area contributed by atoms with E-state index < -0.39 is 6.04 Å². The first-order valence-corrected chi connectivity index (χ1v) is 13.4. The highest BCUT2D eigenvalue weighted by molar-refractivity contribution is 7.99. The maximum Gasteiger partial charge on any atom is 0.243 e. The Morgan fingerprint density at radius 3 is 2.39 bits per heavy atom. The Kier molecular flexibility index (Phi) is 9.86. The Morgan fingerprint density at radius 1 is 1.03 bits per heavy atom. The van der Waals surface area contributed by atoms with E-state index in [0.29, 0.717) is 18.7 Å². The van der Waals surface area contributed by atoms with Gasteiger partial charge in [-0.05, 0) is 49.8 Å². The first kappa shape index (κ1) is 25.4. The number of thioether (sulfide) groups is 1. The van der Waals surface area contributed by atoms with E-state index in [0.717, 1.165) is 29.7 Å². The highest BCUT2D eigenvalue weighted by Crippen LogP contribution is 2.21. The van der Waals surface area contributed by atoms with Gasteiger partial charge in [0, 0.05) is 18.3 Å². The predicted octanol–water partition coefficient (Wildman–Crippen LogP) is 5.79. The van der Waals surface area contributed by atoms with Crippen molar-refractivity contribution in [2.24, 2.45) is 0 Å². The molecule has 1 aliphatic carbocycles. The zero-order chi connectivity index (χ0) is 23.6. The van der Waals surface area contributed by atoms with Crippen LogP contribution in [0.3, 0.4) is 0 Å². The molecule has 0 bridgehead atoms. The van der Waals surface area contributed by atoms with Gasteiger partial charge in [-0.1, -0.05) is 80.3 Å². The van der Waals surface area contributed by atoms with E-state index in [1.54, 1.807) is 11.8 Å². The van der Waals surface area contributed by atoms with Crippen LogP contribution in [0.25, 0.3) is 0 Å². The number of carbonyl (C=O) groups excluding carboxylic acids is 2. The Labute approximate surface area is 203 Å². The molecule has 1 N–H and O–H groups in total. The minimum Gasteiger partial charge on any atom is -0.352 e. The van der Waals surface area contributed by atoms with Crippen molar-refractivity contribution < 1.29 is 9.59 Å². The lowest BCUT2D eigenvalue weighted by molar-refractivity contribution is -0.139. The molecule has 0 heterocycles. The van der Waals surface area contributed by atoms with Gasteiger partial charge in [0.05, 0.1) is 5.75 Å². The van der Waals surface area contributed by atoms with Gasteiger partial charge in [0.2, 0.25) is 11.8 Å². The maximum atomic E-state index is 13.4. The van der Waals surface area contributed by atoms with Gasteiger partial charge in [-0.25, -0.2) is 0 Å². The van der Waals surface area contributed by atoms with Crippen molar-refractivity contribution in [1.82, 2.24) is 10.2 Å². The largest absolute Gasteiger partial charge is 0.352 e. The summed E-state index contributed by atoms with van der Waals surface area (Å²) < 4.78 is 0. The van der Waals surface area contributed by atoms with Crippen LogP contribution in [-0.4, -0.2) is 34.6 Å². The molecular weight excluding hydrogens is 428 g/mol. The highest BCUT2D eigenvalue weighted by Gasteiger charge is 2.30. The molecule has 0 aliphatic heterocycles. The number of amides is 2. The molecule has 3 rings (SSSR count). The summed E-state index contributed by atoms with van der Waals surface area (Å²) in [5, 5.41) is 3.25. The molecule has 0 spiro atoms. The lowest BCUT2D eigenvalue weighted by Gasteiger charge is -2.33. The summed E-state index contributed by atoms with van der Waals surface area (Å²) in [6.07, 6.45) is 6.28. The highest BCUT2D eigenvalue weighted by atomic mass is 32.2. The second-order valence-electron chi connectivity index (χ2n) is 9.19.